The van der Waals surface area contributed by atoms with E-state index < -0.39 is 5.91 Å². The summed E-state index contributed by atoms with van der Waals surface area (Å²) in [6.45, 7) is 2.13. The summed E-state index contributed by atoms with van der Waals surface area (Å²) >= 11 is 0. The lowest BCUT2D eigenvalue weighted by Crippen LogP contribution is -2.20. The van der Waals surface area contributed by atoms with E-state index in [1.54, 1.807) is 0 Å². The van der Waals surface area contributed by atoms with Gasteiger partial charge in [0.05, 0.1) is 11.1 Å². The molecule has 2 rings (SSSR count). The summed E-state index contributed by atoms with van der Waals surface area (Å²) in [5, 5.41) is 12.1. The van der Waals surface area contributed by atoms with Gasteiger partial charge in [-0.1, -0.05) is 26.2 Å². The van der Waals surface area contributed by atoms with Crippen molar-refractivity contribution in [2.75, 3.05) is 0 Å². The monoisotopic (exact) mass is 247 g/mol. The molecule has 0 aliphatic carbocycles. The number of amides is 2. The van der Waals surface area contributed by atoms with Crippen LogP contribution >= 0.6 is 0 Å². The molecule has 1 aromatic rings. The summed E-state index contributed by atoms with van der Waals surface area (Å²) in [6, 6.07) is 2.99. The molecule has 1 heterocycles. The van der Waals surface area contributed by atoms with Crippen LogP contribution in [-0.2, 0) is 6.42 Å². The van der Waals surface area contributed by atoms with Crippen LogP contribution in [0.1, 0.15) is 58.9 Å². The molecule has 1 aliphatic heterocycles. The zero-order chi connectivity index (χ0) is 13.1. The minimum absolute atomic E-state index is 0.107. The molecule has 0 saturated heterocycles. The predicted octanol–water partition coefficient (Wildman–Crippen LogP) is 2.40. The van der Waals surface area contributed by atoms with Crippen molar-refractivity contribution in [1.82, 2.24) is 5.32 Å². The topological polar surface area (TPSA) is 66.4 Å². The maximum Gasteiger partial charge on any atom is 0.259 e. The predicted molar refractivity (Wildman–Crippen MR) is 67.7 cm³/mol. The van der Waals surface area contributed by atoms with Crippen LogP contribution in [0.25, 0.3) is 0 Å². The molecule has 0 fully saturated rings. The standard InChI is InChI=1S/C14H17NO3/c1-2-3-4-5-6-9-11(16)8-7-10-12(9)14(18)15-13(10)17/h7-8,16H,2-6H2,1H3,(H,15,17,18). The van der Waals surface area contributed by atoms with Gasteiger partial charge in [-0.05, 0) is 25.0 Å². The molecule has 1 aromatic carbocycles. The van der Waals surface area contributed by atoms with E-state index in [0.29, 0.717) is 23.1 Å². The maximum atomic E-state index is 11.7. The van der Waals surface area contributed by atoms with Crippen LogP contribution in [0.4, 0.5) is 0 Å². The second-order valence-corrected chi connectivity index (χ2v) is 4.58. The fourth-order valence-corrected chi connectivity index (χ4v) is 2.30. The number of phenols is 1. The average molecular weight is 247 g/mol. The first kappa shape index (κ1) is 12.6. The summed E-state index contributed by atoms with van der Waals surface area (Å²) in [5.41, 5.74) is 1.34. The van der Waals surface area contributed by atoms with Crippen molar-refractivity contribution in [2.24, 2.45) is 0 Å². The van der Waals surface area contributed by atoms with E-state index in [1.807, 2.05) is 0 Å². The van der Waals surface area contributed by atoms with E-state index in [0.717, 1.165) is 25.7 Å². The maximum absolute atomic E-state index is 11.7. The number of aromatic hydroxyl groups is 1. The molecule has 2 amide bonds. The van der Waals surface area contributed by atoms with Gasteiger partial charge in [0.2, 0.25) is 0 Å². The summed E-state index contributed by atoms with van der Waals surface area (Å²) in [6.07, 6.45) is 4.89. The van der Waals surface area contributed by atoms with Crippen molar-refractivity contribution in [3.8, 4) is 5.75 Å². The summed E-state index contributed by atoms with van der Waals surface area (Å²) in [5.74, 6) is -0.656. The molecule has 4 heteroatoms. The Bertz CT molecular complexity index is 494. The number of benzene rings is 1. The van der Waals surface area contributed by atoms with E-state index in [-0.39, 0.29) is 11.7 Å². The Morgan fingerprint density at radius 2 is 1.89 bits per heavy atom. The molecule has 18 heavy (non-hydrogen) atoms. The lowest BCUT2D eigenvalue weighted by Gasteiger charge is -2.08. The van der Waals surface area contributed by atoms with Crippen molar-refractivity contribution in [1.29, 1.82) is 0 Å². The number of phenolic OH excluding ortho intramolecular Hbond substituents is 1. The fourth-order valence-electron chi connectivity index (χ4n) is 2.30. The van der Waals surface area contributed by atoms with Gasteiger partial charge in [-0.2, -0.15) is 0 Å². The minimum atomic E-state index is -0.392. The van der Waals surface area contributed by atoms with Gasteiger partial charge in [0.1, 0.15) is 5.75 Å². The van der Waals surface area contributed by atoms with Gasteiger partial charge in [-0.3, -0.25) is 14.9 Å². The number of nitrogens with one attached hydrogen (secondary N) is 1. The van der Waals surface area contributed by atoms with E-state index in [2.05, 4.69) is 12.2 Å². The van der Waals surface area contributed by atoms with Crippen molar-refractivity contribution in [3.05, 3.63) is 28.8 Å². The van der Waals surface area contributed by atoms with Crippen LogP contribution in [0.5, 0.6) is 5.75 Å². The molecular formula is C14H17NO3. The largest absolute Gasteiger partial charge is 0.508 e. The molecule has 96 valence electrons. The summed E-state index contributed by atoms with van der Waals surface area (Å²) < 4.78 is 0. The molecule has 0 aromatic heterocycles. The molecule has 0 saturated carbocycles. The van der Waals surface area contributed by atoms with Crippen molar-refractivity contribution in [2.45, 2.75) is 39.0 Å². The van der Waals surface area contributed by atoms with Crippen molar-refractivity contribution < 1.29 is 14.7 Å². The Morgan fingerprint density at radius 1 is 1.11 bits per heavy atom. The number of fused-ring (bicyclic) bond motifs is 1. The Labute approximate surface area is 106 Å². The van der Waals surface area contributed by atoms with Crippen molar-refractivity contribution >= 4 is 11.8 Å². The van der Waals surface area contributed by atoms with E-state index >= 15 is 0 Å². The number of hydrogen-bond acceptors (Lipinski definition) is 3. The summed E-state index contributed by atoms with van der Waals surface area (Å²) in [7, 11) is 0. The second kappa shape index (κ2) is 5.21. The molecule has 2 N–H and O–H groups in total. The summed E-state index contributed by atoms with van der Waals surface area (Å²) in [4.78, 5) is 23.2. The lowest BCUT2D eigenvalue weighted by molar-refractivity contribution is 0.0879. The highest BCUT2D eigenvalue weighted by Gasteiger charge is 2.30. The molecule has 4 nitrogen and oxygen atoms in total. The minimum Gasteiger partial charge on any atom is -0.508 e. The van der Waals surface area contributed by atoms with Crippen LogP contribution < -0.4 is 5.32 Å². The first-order valence-corrected chi connectivity index (χ1v) is 6.35. The first-order chi connectivity index (χ1) is 8.65. The quantitative estimate of drug-likeness (QED) is 0.620. The number of carbonyl (C=O) groups excluding carboxylic acids is 2. The normalized spacial score (nSPS) is 13.6. The molecule has 0 atom stereocenters. The van der Waals surface area contributed by atoms with Gasteiger partial charge in [0.25, 0.3) is 11.8 Å². The van der Waals surface area contributed by atoms with Crippen LogP contribution in [0.2, 0.25) is 0 Å². The number of carbonyl (C=O) groups is 2. The third-order valence-electron chi connectivity index (χ3n) is 3.27. The van der Waals surface area contributed by atoms with E-state index in [9.17, 15) is 14.7 Å². The number of hydrogen-bond donors (Lipinski definition) is 2. The van der Waals surface area contributed by atoms with Crippen LogP contribution in [0.15, 0.2) is 12.1 Å². The van der Waals surface area contributed by atoms with Crippen LogP contribution in [0, 0.1) is 0 Å². The highest BCUT2D eigenvalue weighted by atomic mass is 16.3. The first-order valence-electron chi connectivity index (χ1n) is 6.35. The smallest absolute Gasteiger partial charge is 0.259 e. The van der Waals surface area contributed by atoms with Gasteiger partial charge in [-0.25, -0.2) is 0 Å². The Balaban J connectivity index is 2.24. The van der Waals surface area contributed by atoms with Gasteiger partial charge in [0, 0.05) is 5.56 Å². The Morgan fingerprint density at radius 3 is 2.61 bits per heavy atom. The highest BCUT2D eigenvalue weighted by molar-refractivity contribution is 6.22. The molecule has 0 spiro atoms. The van der Waals surface area contributed by atoms with Crippen LogP contribution in [0.3, 0.4) is 0 Å². The lowest BCUT2D eigenvalue weighted by atomic mass is 9.96. The molecule has 0 unspecified atom stereocenters. The Kier molecular flexibility index (Phi) is 3.65. The number of rotatable bonds is 5. The zero-order valence-electron chi connectivity index (χ0n) is 10.5. The fraction of sp³-hybridized carbons (Fsp3) is 0.429. The SMILES string of the molecule is CCCCCCc1c(O)ccc2c1C(=O)NC2=O. The molecule has 1 aliphatic rings. The van der Waals surface area contributed by atoms with Gasteiger partial charge < -0.3 is 5.11 Å². The molecule has 0 radical (unpaired) electrons. The number of imide groups is 1. The van der Waals surface area contributed by atoms with Gasteiger partial charge in [-0.15, -0.1) is 0 Å². The average Bonchev–Trinajstić information content (AvgIpc) is 2.63. The van der Waals surface area contributed by atoms with Crippen molar-refractivity contribution in [3.63, 3.8) is 0 Å². The third-order valence-corrected chi connectivity index (χ3v) is 3.27. The zero-order valence-corrected chi connectivity index (χ0v) is 10.5. The van der Waals surface area contributed by atoms with E-state index in [4.69, 9.17) is 0 Å². The molecule has 0 bridgehead atoms. The second-order valence-electron chi connectivity index (χ2n) is 4.58. The highest BCUT2D eigenvalue weighted by Crippen LogP contribution is 2.29. The third kappa shape index (κ3) is 2.23. The van der Waals surface area contributed by atoms with Gasteiger partial charge in [0.15, 0.2) is 0 Å². The molecular weight excluding hydrogens is 230 g/mol. The van der Waals surface area contributed by atoms with Crippen LogP contribution in [-0.4, -0.2) is 16.9 Å². The number of unbranched alkanes of at least 4 members (excludes halogenated alkanes) is 3. The Hall–Kier alpha value is -1.84. The van der Waals surface area contributed by atoms with Gasteiger partial charge >= 0.3 is 0 Å². The van der Waals surface area contributed by atoms with E-state index in [1.165, 1.54) is 12.1 Å².